The Morgan fingerprint density at radius 1 is 1.52 bits per heavy atom. The summed E-state index contributed by atoms with van der Waals surface area (Å²) < 4.78 is 26.8. The van der Waals surface area contributed by atoms with Gasteiger partial charge in [-0.2, -0.15) is 9.98 Å². The van der Waals surface area contributed by atoms with Gasteiger partial charge in [0.15, 0.2) is 0 Å². The Kier molecular flexibility index (Phi) is 5.72. The molecule has 1 aromatic carbocycles. The van der Waals surface area contributed by atoms with Crippen molar-refractivity contribution < 1.29 is 18.3 Å². The molecule has 0 bridgehead atoms. The molecule has 0 radical (unpaired) electrons. The van der Waals surface area contributed by atoms with Crippen molar-refractivity contribution >= 4 is 27.6 Å². The lowest BCUT2D eigenvalue weighted by atomic mass is 10.0. The van der Waals surface area contributed by atoms with E-state index in [-0.39, 0.29) is 15.5 Å². The number of carboxylic acid groups (broad SMARTS) is 1. The molecule has 0 saturated carbocycles. The summed E-state index contributed by atoms with van der Waals surface area (Å²) in [6.45, 7) is 3.39. The molecule has 2 atom stereocenters. The number of hydrogen-bond donors (Lipinski definition) is 2. The lowest BCUT2D eigenvalue weighted by molar-refractivity contribution is -0.140. The SMILES string of the molecule is CC[C@H](C)[C@H](NS(=O)(=O)c1cc(Cl)ccc1C#N)C(=O)O. The van der Waals surface area contributed by atoms with Gasteiger partial charge in [0, 0.05) is 5.02 Å². The van der Waals surface area contributed by atoms with Gasteiger partial charge in [-0.25, -0.2) is 8.42 Å². The third-order valence-electron chi connectivity index (χ3n) is 3.11. The van der Waals surface area contributed by atoms with E-state index >= 15 is 0 Å². The fourth-order valence-corrected chi connectivity index (χ4v) is 3.40. The molecule has 0 heterocycles. The topological polar surface area (TPSA) is 107 Å². The molecule has 0 aliphatic rings. The lowest BCUT2D eigenvalue weighted by Gasteiger charge is -2.20. The van der Waals surface area contributed by atoms with E-state index in [0.29, 0.717) is 6.42 Å². The van der Waals surface area contributed by atoms with E-state index in [1.54, 1.807) is 19.9 Å². The van der Waals surface area contributed by atoms with Crippen LogP contribution in [0.25, 0.3) is 0 Å². The maximum Gasteiger partial charge on any atom is 0.322 e. The number of halogens is 1. The zero-order valence-corrected chi connectivity index (χ0v) is 13.1. The van der Waals surface area contributed by atoms with Crippen LogP contribution in [0.4, 0.5) is 0 Å². The maximum absolute atomic E-state index is 12.3. The Balaban J connectivity index is 3.26. The zero-order valence-electron chi connectivity index (χ0n) is 11.5. The van der Waals surface area contributed by atoms with Crippen LogP contribution in [0.15, 0.2) is 23.1 Å². The predicted molar refractivity (Wildman–Crippen MR) is 77.4 cm³/mol. The van der Waals surface area contributed by atoms with Crippen molar-refractivity contribution in [1.29, 1.82) is 5.26 Å². The van der Waals surface area contributed by atoms with E-state index in [4.69, 9.17) is 22.0 Å². The van der Waals surface area contributed by atoms with Gasteiger partial charge in [-0.3, -0.25) is 4.79 Å². The summed E-state index contributed by atoms with van der Waals surface area (Å²) in [7, 11) is -4.16. The largest absolute Gasteiger partial charge is 0.480 e. The third kappa shape index (κ3) is 4.17. The van der Waals surface area contributed by atoms with Crippen molar-refractivity contribution in [3.63, 3.8) is 0 Å². The number of sulfonamides is 1. The van der Waals surface area contributed by atoms with Gasteiger partial charge in [0.25, 0.3) is 0 Å². The summed E-state index contributed by atoms with van der Waals surface area (Å²) in [4.78, 5) is 10.9. The van der Waals surface area contributed by atoms with Crippen LogP contribution in [0.3, 0.4) is 0 Å². The maximum atomic E-state index is 12.3. The molecule has 1 aromatic rings. The van der Waals surface area contributed by atoms with Crippen LogP contribution >= 0.6 is 11.6 Å². The molecule has 0 amide bonds. The van der Waals surface area contributed by atoms with Crippen molar-refractivity contribution in [3.8, 4) is 6.07 Å². The molecule has 0 fully saturated rings. The number of hydrogen-bond acceptors (Lipinski definition) is 4. The Morgan fingerprint density at radius 2 is 2.14 bits per heavy atom. The van der Waals surface area contributed by atoms with Crippen LogP contribution in [-0.2, 0) is 14.8 Å². The summed E-state index contributed by atoms with van der Waals surface area (Å²) >= 11 is 5.75. The molecule has 0 aliphatic heterocycles. The van der Waals surface area contributed by atoms with E-state index in [9.17, 15) is 13.2 Å². The Labute approximate surface area is 128 Å². The molecule has 2 N–H and O–H groups in total. The molecule has 0 unspecified atom stereocenters. The highest BCUT2D eigenvalue weighted by atomic mass is 35.5. The average molecular weight is 331 g/mol. The first-order valence-corrected chi connectivity index (χ1v) is 8.03. The highest BCUT2D eigenvalue weighted by molar-refractivity contribution is 7.89. The molecular formula is C13H15ClN2O4S. The fourth-order valence-electron chi connectivity index (χ4n) is 1.69. The van der Waals surface area contributed by atoms with Crippen molar-refractivity contribution in [2.45, 2.75) is 31.2 Å². The van der Waals surface area contributed by atoms with E-state index < -0.39 is 28.0 Å². The zero-order chi connectivity index (χ0) is 16.2. The van der Waals surface area contributed by atoms with Crippen molar-refractivity contribution in [2.75, 3.05) is 0 Å². The van der Waals surface area contributed by atoms with Crippen LogP contribution in [0.5, 0.6) is 0 Å². The summed E-state index contributed by atoms with van der Waals surface area (Å²) in [6.07, 6.45) is 0.486. The molecule has 0 saturated heterocycles. The molecular weight excluding hydrogens is 316 g/mol. The highest BCUT2D eigenvalue weighted by Gasteiger charge is 2.30. The molecule has 8 heteroatoms. The molecule has 21 heavy (non-hydrogen) atoms. The number of rotatable bonds is 6. The first-order chi connectivity index (χ1) is 9.72. The summed E-state index contributed by atoms with van der Waals surface area (Å²) in [5.74, 6) is -1.67. The van der Waals surface area contributed by atoms with Crippen LogP contribution in [0.2, 0.25) is 5.02 Å². The Hall–Kier alpha value is -1.62. The van der Waals surface area contributed by atoms with Gasteiger partial charge in [-0.15, -0.1) is 0 Å². The number of nitrogens with zero attached hydrogens (tertiary/aromatic N) is 1. The van der Waals surface area contributed by atoms with E-state index in [1.165, 1.54) is 12.1 Å². The van der Waals surface area contributed by atoms with Gasteiger partial charge in [0.05, 0.1) is 5.56 Å². The first-order valence-electron chi connectivity index (χ1n) is 6.17. The number of nitriles is 1. The third-order valence-corrected chi connectivity index (χ3v) is 4.83. The van der Waals surface area contributed by atoms with Crippen LogP contribution in [0.1, 0.15) is 25.8 Å². The first kappa shape index (κ1) is 17.4. The van der Waals surface area contributed by atoms with Gasteiger partial charge in [0.1, 0.15) is 17.0 Å². The van der Waals surface area contributed by atoms with E-state index in [2.05, 4.69) is 4.72 Å². The second-order valence-corrected chi connectivity index (χ2v) is 6.69. The number of nitrogens with one attached hydrogen (secondary N) is 1. The van der Waals surface area contributed by atoms with E-state index in [0.717, 1.165) is 6.07 Å². The van der Waals surface area contributed by atoms with Gasteiger partial charge >= 0.3 is 5.97 Å². The normalized spacial score (nSPS) is 14.2. The molecule has 0 aromatic heterocycles. The number of benzene rings is 1. The Morgan fingerprint density at radius 3 is 2.62 bits per heavy atom. The quantitative estimate of drug-likeness (QED) is 0.829. The monoisotopic (exact) mass is 330 g/mol. The van der Waals surface area contributed by atoms with Crippen LogP contribution < -0.4 is 4.72 Å². The van der Waals surface area contributed by atoms with Crippen LogP contribution in [0, 0.1) is 17.2 Å². The summed E-state index contributed by atoms with van der Waals surface area (Å²) in [6, 6.07) is 4.26. The highest BCUT2D eigenvalue weighted by Crippen LogP contribution is 2.21. The van der Waals surface area contributed by atoms with Gasteiger partial charge in [0.2, 0.25) is 10.0 Å². The summed E-state index contributed by atoms with van der Waals surface area (Å²) in [5.41, 5.74) is -0.0970. The van der Waals surface area contributed by atoms with Crippen molar-refractivity contribution in [1.82, 2.24) is 4.72 Å². The molecule has 0 spiro atoms. The smallest absolute Gasteiger partial charge is 0.322 e. The average Bonchev–Trinajstić information content (AvgIpc) is 2.43. The van der Waals surface area contributed by atoms with Crippen molar-refractivity contribution in [2.24, 2.45) is 5.92 Å². The molecule has 114 valence electrons. The second kappa shape index (κ2) is 6.89. The standard InChI is InChI=1S/C13H15ClN2O4S/c1-3-8(2)12(13(17)18)16-21(19,20)11-6-10(14)5-4-9(11)7-15/h4-6,8,12,16H,3H2,1-2H3,(H,17,18)/t8-,12-/m0/s1. The van der Waals surface area contributed by atoms with Crippen LogP contribution in [-0.4, -0.2) is 25.5 Å². The number of carboxylic acids is 1. The lowest BCUT2D eigenvalue weighted by Crippen LogP contribution is -2.45. The van der Waals surface area contributed by atoms with Gasteiger partial charge < -0.3 is 5.11 Å². The van der Waals surface area contributed by atoms with Gasteiger partial charge in [-0.05, 0) is 24.1 Å². The second-order valence-electron chi connectivity index (χ2n) is 4.58. The van der Waals surface area contributed by atoms with E-state index in [1.807, 2.05) is 0 Å². The minimum Gasteiger partial charge on any atom is -0.480 e. The molecule has 1 rings (SSSR count). The predicted octanol–water partition coefficient (Wildman–Crippen LogP) is 1.99. The Bertz CT molecular complexity index is 682. The number of aliphatic carboxylic acids is 1. The number of carbonyl (C=O) groups is 1. The molecule has 0 aliphatic carbocycles. The summed E-state index contributed by atoms with van der Waals surface area (Å²) in [5, 5.41) is 18.3. The fraction of sp³-hybridized carbons (Fsp3) is 0.385. The molecule has 6 nitrogen and oxygen atoms in total. The minimum absolute atomic E-state index is 0.0970. The van der Waals surface area contributed by atoms with Crippen molar-refractivity contribution in [3.05, 3.63) is 28.8 Å². The minimum atomic E-state index is -4.16. The van der Waals surface area contributed by atoms with Gasteiger partial charge in [-0.1, -0.05) is 31.9 Å².